The Labute approximate surface area is 227 Å². The summed E-state index contributed by atoms with van der Waals surface area (Å²) in [5.41, 5.74) is 3.99. The van der Waals surface area contributed by atoms with Gasteiger partial charge in [-0.2, -0.15) is 14.9 Å². The lowest BCUT2D eigenvalue weighted by atomic mass is 10.1. The maximum Gasteiger partial charge on any atom is 0.282 e. The quantitative estimate of drug-likeness (QED) is 0.162. The van der Waals surface area contributed by atoms with Gasteiger partial charge in [-0.15, -0.1) is 0 Å². The van der Waals surface area contributed by atoms with Crippen LogP contribution in [0.4, 0.5) is 5.69 Å². The zero-order chi connectivity index (χ0) is 27.6. The second-order valence-corrected chi connectivity index (χ2v) is 9.04. The Hall–Kier alpha value is -5.77. The smallest absolute Gasteiger partial charge is 0.267 e. The molecule has 0 aliphatic heterocycles. The van der Waals surface area contributed by atoms with Crippen molar-refractivity contribution >= 4 is 22.8 Å². The largest absolute Gasteiger partial charge is 0.282 e. The summed E-state index contributed by atoms with van der Waals surface area (Å²) in [6.07, 6.45) is 6.68. The Kier molecular flexibility index (Phi) is 6.25. The molecule has 0 N–H and O–H groups in total. The Morgan fingerprint density at radius 2 is 1.65 bits per heavy atom. The van der Waals surface area contributed by atoms with Crippen LogP contribution >= 0.6 is 0 Å². The van der Waals surface area contributed by atoms with Gasteiger partial charge in [-0.3, -0.25) is 19.9 Å². The number of nitro benzene ring substituents is 1. The van der Waals surface area contributed by atoms with Gasteiger partial charge in [0.15, 0.2) is 5.82 Å². The number of pyridine rings is 1. The number of fused-ring (bicyclic) bond motifs is 1. The molecule has 3 aromatic heterocycles. The van der Waals surface area contributed by atoms with Gasteiger partial charge in [0.25, 0.3) is 11.2 Å². The highest BCUT2D eigenvalue weighted by Gasteiger charge is 2.21. The maximum absolute atomic E-state index is 13.6. The van der Waals surface area contributed by atoms with Crippen molar-refractivity contribution in [1.29, 1.82) is 0 Å². The molecule has 0 fully saturated rings. The number of aryl methyl sites for hydroxylation is 1. The van der Waals surface area contributed by atoms with Crippen LogP contribution in [0.15, 0.2) is 113 Å². The average molecular weight is 528 g/mol. The van der Waals surface area contributed by atoms with Crippen LogP contribution in [0.1, 0.15) is 11.1 Å². The third-order valence-corrected chi connectivity index (χ3v) is 6.40. The first-order valence-electron chi connectivity index (χ1n) is 12.4. The third-order valence-electron chi connectivity index (χ3n) is 6.40. The van der Waals surface area contributed by atoms with Gasteiger partial charge in [-0.1, -0.05) is 42.0 Å². The highest BCUT2D eigenvalue weighted by Crippen LogP contribution is 2.29. The maximum atomic E-state index is 13.6. The first kappa shape index (κ1) is 24.6. The highest BCUT2D eigenvalue weighted by molar-refractivity contribution is 5.89. The second kappa shape index (κ2) is 10.2. The average Bonchev–Trinajstić information content (AvgIpc) is 3.41. The summed E-state index contributed by atoms with van der Waals surface area (Å²) in [5, 5.41) is 21.5. The van der Waals surface area contributed by atoms with Crippen LogP contribution in [0.5, 0.6) is 0 Å². The Balaban J connectivity index is 1.56. The minimum Gasteiger partial charge on any atom is -0.267 e. The molecule has 10 nitrogen and oxygen atoms in total. The summed E-state index contributed by atoms with van der Waals surface area (Å²) < 4.78 is 2.84. The molecule has 0 atom stereocenters. The SMILES string of the molecule is Cc1ccc(-n2cc(/C=N/n3c(-c4ccccc4[N+](=O)[O-])nc4ccccc4c3=O)c(-c3ccncc3)n2)cc1. The van der Waals surface area contributed by atoms with E-state index < -0.39 is 10.5 Å². The lowest BCUT2D eigenvalue weighted by molar-refractivity contribution is -0.384. The molecule has 10 heteroatoms. The van der Waals surface area contributed by atoms with Crippen molar-refractivity contribution in [3.05, 3.63) is 135 Å². The van der Waals surface area contributed by atoms with Gasteiger partial charge < -0.3 is 0 Å². The van der Waals surface area contributed by atoms with E-state index in [4.69, 9.17) is 5.10 Å². The standard InChI is InChI=1S/C30H21N7O3/c1-20-10-12-23(13-11-20)35-19-22(28(34-35)21-14-16-31-17-15-21)18-32-36-29(25-7-3-5-9-27(25)37(39)40)33-26-8-4-2-6-24(26)30(36)38/h2-19H,1H3/b32-18+. The van der Waals surface area contributed by atoms with Crippen molar-refractivity contribution in [2.45, 2.75) is 6.92 Å². The van der Waals surface area contributed by atoms with E-state index in [9.17, 15) is 14.9 Å². The molecule has 0 amide bonds. The number of para-hydroxylation sites is 2. The number of aromatic nitrogens is 5. The predicted octanol–water partition coefficient (Wildman–Crippen LogP) is 5.41. The molecule has 0 saturated heterocycles. The number of nitrogens with zero attached hydrogens (tertiary/aromatic N) is 7. The van der Waals surface area contributed by atoms with Crippen LogP contribution in [-0.4, -0.2) is 35.6 Å². The van der Waals surface area contributed by atoms with E-state index in [1.165, 1.54) is 12.3 Å². The van der Waals surface area contributed by atoms with Crippen molar-refractivity contribution in [2.75, 3.05) is 0 Å². The summed E-state index contributed by atoms with van der Waals surface area (Å²) in [7, 11) is 0. The first-order valence-corrected chi connectivity index (χ1v) is 12.4. The fraction of sp³-hybridized carbons (Fsp3) is 0.0333. The fourth-order valence-corrected chi connectivity index (χ4v) is 4.39. The topological polar surface area (TPSA) is 121 Å². The van der Waals surface area contributed by atoms with Crippen LogP contribution in [0, 0.1) is 17.0 Å². The van der Waals surface area contributed by atoms with E-state index in [0.29, 0.717) is 22.2 Å². The summed E-state index contributed by atoms with van der Waals surface area (Å²) in [6.45, 7) is 2.01. The molecule has 0 saturated carbocycles. The van der Waals surface area contributed by atoms with Crippen molar-refractivity contribution in [2.24, 2.45) is 5.10 Å². The summed E-state index contributed by atoms with van der Waals surface area (Å²) >= 11 is 0. The number of hydrogen-bond acceptors (Lipinski definition) is 7. The minimum absolute atomic E-state index is 0.0589. The second-order valence-electron chi connectivity index (χ2n) is 9.04. The van der Waals surface area contributed by atoms with Gasteiger partial charge in [0.2, 0.25) is 0 Å². The third kappa shape index (κ3) is 4.54. The Bertz CT molecular complexity index is 1960. The van der Waals surface area contributed by atoms with Crippen molar-refractivity contribution in [3.8, 4) is 28.3 Å². The molecule has 40 heavy (non-hydrogen) atoms. The Morgan fingerprint density at radius 3 is 2.42 bits per heavy atom. The van der Waals surface area contributed by atoms with Crippen molar-refractivity contribution in [3.63, 3.8) is 0 Å². The number of benzene rings is 3. The molecule has 0 aliphatic rings. The van der Waals surface area contributed by atoms with E-state index in [1.54, 1.807) is 59.5 Å². The van der Waals surface area contributed by atoms with Gasteiger partial charge in [0, 0.05) is 35.8 Å². The normalized spacial score (nSPS) is 11.3. The summed E-state index contributed by atoms with van der Waals surface area (Å²) in [5.74, 6) is 0.0589. The lowest BCUT2D eigenvalue weighted by Crippen LogP contribution is -2.20. The first-order chi connectivity index (χ1) is 19.5. The molecule has 0 bridgehead atoms. The molecular formula is C30H21N7O3. The van der Waals surface area contributed by atoms with Crippen molar-refractivity contribution in [1.82, 2.24) is 24.4 Å². The molecule has 0 radical (unpaired) electrons. The summed E-state index contributed by atoms with van der Waals surface area (Å²) in [4.78, 5) is 33.7. The van der Waals surface area contributed by atoms with Crippen molar-refractivity contribution < 1.29 is 4.92 Å². The van der Waals surface area contributed by atoms with Crippen LogP contribution in [-0.2, 0) is 0 Å². The van der Waals surface area contributed by atoms with E-state index in [2.05, 4.69) is 15.1 Å². The molecule has 0 unspecified atom stereocenters. The zero-order valence-electron chi connectivity index (χ0n) is 21.2. The molecular weight excluding hydrogens is 506 g/mol. The van der Waals surface area contributed by atoms with E-state index >= 15 is 0 Å². The van der Waals surface area contributed by atoms with Gasteiger partial charge in [0.05, 0.1) is 33.3 Å². The molecule has 3 heterocycles. The van der Waals surface area contributed by atoms with E-state index in [1.807, 2.05) is 49.5 Å². The van der Waals surface area contributed by atoms with Gasteiger partial charge in [-0.05, 0) is 49.4 Å². The van der Waals surface area contributed by atoms with Gasteiger partial charge in [0.1, 0.15) is 5.69 Å². The number of hydrogen-bond donors (Lipinski definition) is 0. The highest BCUT2D eigenvalue weighted by atomic mass is 16.6. The minimum atomic E-state index is -0.502. The zero-order valence-corrected chi connectivity index (χ0v) is 21.2. The van der Waals surface area contributed by atoms with Gasteiger partial charge >= 0.3 is 0 Å². The molecule has 6 rings (SSSR count). The van der Waals surface area contributed by atoms with Crippen LogP contribution in [0.2, 0.25) is 0 Å². The number of rotatable bonds is 6. The van der Waals surface area contributed by atoms with Gasteiger partial charge in [-0.25, -0.2) is 9.67 Å². The van der Waals surface area contributed by atoms with Crippen LogP contribution in [0.3, 0.4) is 0 Å². The molecule has 6 aromatic rings. The molecule has 194 valence electrons. The summed E-state index contributed by atoms with van der Waals surface area (Å²) in [6, 6.07) is 24.6. The predicted molar refractivity (Wildman–Crippen MR) is 153 cm³/mol. The van der Waals surface area contributed by atoms with Crippen LogP contribution < -0.4 is 5.56 Å². The van der Waals surface area contributed by atoms with Crippen LogP contribution in [0.25, 0.3) is 39.2 Å². The lowest BCUT2D eigenvalue weighted by Gasteiger charge is -2.09. The molecule has 3 aromatic carbocycles. The number of nitro groups is 1. The van der Waals surface area contributed by atoms with E-state index in [0.717, 1.165) is 21.5 Å². The monoisotopic (exact) mass is 527 g/mol. The molecule has 0 spiro atoms. The molecule has 0 aliphatic carbocycles. The fourth-order valence-electron chi connectivity index (χ4n) is 4.39. The van der Waals surface area contributed by atoms with E-state index in [-0.39, 0.29) is 17.1 Å². The Morgan fingerprint density at radius 1 is 0.925 bits per heavy atom.